The van der Waals surface area contributed by atoms with Gasteiger partial charge in [0.05, 0.1) is 5.52 Å². The van der Waals surface area contributed by atoms with Crippen LogP contribution in [-0.2, 0) is 0 Å². The predicted octanol–water partition coefficient (Wildman–Crippen LogP) is 2.40. The van der Waals surface area contributed by atoms with Gasteiger partial charge in [-0.05, 0) is 31.9 Å². The van der Waals surface area contributed by atoms with Crippen molar-refractivity contribution in [2.24, 2.45) is 0 Å². The lowest BCUT2D eigenvalue weighted by Gasteiger charge is -2.04. The lowest BCUT2D eigenvalue weighted by atomic mass is 10.1. The van der Waals surface area contributed by atoms with Crippen LogP contribution in [0.1, 0.15) is 30.1 Å². The van der Waals surface area contributed by atoms with Gasteiger partial charge in [-0.15, -0.1) is 0 Å². The van der Waals surface area contributed by atoms with Gasteiger partial charge in [0.1, 0.15) is 11.6 Å². The second-order valence-electron chi connectivity index (χ2n) is 4.26. The summed E-state index contributed by atoms with van der Waals surface area (Å²) < 4.78 is 0. The molecular weight excluding hydrogens is 186 g/mol. The molecule has 3 rings (SSSR count). The molecule has 1 aromatic heterocycles. The molecule has 1 aliphatic carbocycles. The molecule has 1 fully saturated rings. The van der Waals surface area contributed by atoms with Crippen LogP contribution in [0.2, 0.25) is 0 Å². The normalized spacial score (nSPS) is 15.8. The highest BCUT2D eigenvalue weighted by atomic mass is 15.0. The molecule has 15 heavy (non-hydrogen) atoms. The van der Waals surface area contributed by atoms with Crippen LogP contribution in [-0.4, -0.2) is 9.97 Å². The number of fused-ring (bicyclic) bond motifs is 1. The Bertz CT molecular complexity index is 530. The van der Waals surface area contributed by atoms with Crippen LogP contribution in [0.15, 0.2) is 18.2 Å². The van der Waals surface area contributed by atoms with Gasteiger partial charge in [0.25, 0.3) is 0 Å². The van der Waals surface area contributed by atoms with E-state index >= 15 is 0 Å². The molecule has 3 heteroatoms. The highest BCUT2D eigenvalue weighted by Gasteiger charge is 2.27. The Morgan fingerprint density at radius 1 is 1.27 bits per heavy atom. The molecule has 0 amide bonds. The van der Waals surface area contributed by atoms with E-state index in [-0.39, 0.29) is 0 Å². The smallest absolute Gasteiger partial charge is 0.135 e. The average molecular weight is 199 g/mol. The molecule has 0 spiro atoms. The van der Waals surface area contributed by atoms with E-state index in [9.17, 15) is 0 Å². The van der Waals surface area contributed by atoms with Crippen LogP contribution in [0.4, 0.5) is 5.82 Å². The van der Waals surface area contributed by atoms with E-state index < -0.39 is 0 Å². The molecule has 1 aromatic carbocycles. The predicted molar refractivity (Wildman–Crippen MR) is 60.7 cm³/mol. The number of rotatable bonds is 1. The first kappa shape index (κ1) is 8.65. The van der Waals surface area contributed by atoms with Crippen molar-refractivity contribution in [3.8, 4) is 0 Å². The van der Waals surface area contributed by atoms with E-state index in [2.05, 4.69) is 16.0 Å². The molecule has 1 heterocycles. The fourth-order valence-corrected chi connectivity index (χ4v) is 1.81. The van der Waals surface area contributed by atoms with Gasteiger partial charge in [-0.2, -0.15) is 0 Å². The molecule has 0 saturated heterocycles. The molecule has 2 N–H and O–H groups in total. The SMILES string of the molecule is Cc1ccc2nc(C3CC3)nc(N)c2c1. The highest BCUT2D eigenvalue weighted by Crippen LogP contribution is 2.39. The van der Waals surface area contributed by atoms with Crippen molar-refractivity contribution in [2.45, 2.75) is 25.7 Å². The fraction of sp³-hybridized carbons (Fsp3) is 0.333. The van der Waals surface area contributed by atoms with Crippen LogP contribution in [0, 0.1) is 6.92 Å². The third kappa shape index (κ3) is 1.44. The molecule has 0 radical (unpaired) electrons. The second kappa shape index (κ2) is 2.92. The minimum atomic E-state index is 0.554. The number of hydrogen-bond donors (Lipinski definition) is 1. The van der Waals surface area contributed by atoms with Gasteiger partial charge in [0.2, 0.25) is 0 Å². The summed E-state index contributed by atoms with van der Waals surface area (Å²) >= 11 is 0. The third-order valence-electron chi connectivity index (χ3n) is 2.84. The van der Waals surface area contributed by atoms with Crippen LogP contribution in [0.3, 0.4) is 0 Å². The molecule has 0 unspecified atom stereocenters. The standard InChI is InChI=1S/C12H13N3/c1-7-2-5-10-9(6-7)11(13)15-12(14-10)8-3-4-8/h2,5-6,8H,3-4H2,1H3,(H2,13,14,15). The second-order valence-corrected chi connectivity index (χ2v) is 4.26. The quantitative estimate of drug-likeness (QED) is 0.767. The number of nitrogens with two attached hydrogens (primary N) is 1. The Balaban J connectivity index is 2.26. The summed E-state index contributed by atoms with van der Waals surface area (Å²) in [5.41, 5.74) is 8.10. The molecule has 1 aliphatic rings. The number of anilines is 1. The monoisotopic (exact) mass is 199 g/mol. The molecule has 2 aromatic rings. The molecule has 1 saturated carbocycles. The van der Waals surface area contributed by atoms with E-state index in [0.29, 0.717) is 11.7 Å². The van der Waals surface area contributed by atoms with Crippen molar-refractivity contribution in [2.75, 3.05) is 5.73 Å². The topological polar surface area (TPSA) is 51.8 Å². The van der Waals surface area contributed by atoms with E-state index in [0.717, 1.165) is 16.7 Å². The summed E-state index contributed by atoms with van der Waals surface area (Å²) in [6.45, 7) is 2.05. The molecule has 0 aliphatic heterocycles. The van der Waals surface area contributed by atoms with Gasteiger partial charge < -0.3 is 5.73 Å². The zero-order valence-electron chi connectivity index (χ0n) is 8.70. The van der Waals surface area contributed by atoms with Crippen molar-refractivity contribution in [3.05, 3.63) is 29.6 Å². The molecule has 0 bridgehead atoms. The Labute approximate surface area is 88.3 Å². The van der Waals surface area contributed by atoms with Crippen molar-refractivity contribution < 1.29 is 0 Å². The third-order valence-corrected chi connectivity index (χ3v) is 2.84. The van der Waals surface area contributed by atoms with Crippen LogP contribution < -0.4 is 5.73 Å². The van der Waals surface area contributed by atoms with E-state index in [1.54, 1.807) is 0 Å². The van der Waals surface area contributed by atoms with Crippen LogP contribution >= 0.6 is 0 Å². The van der Waals surface area contributed by atoms with Gasteiger partial charge in [-0.25, -0.2) is 9.97 Å². The van der Waals surface area contributed by atoms with Crippen molar-refractivity contribution >= 4 is 16.7 Å². The zero-order valence-corrected chi connectivity index (χ0v) is 8.70. The molecule has 0 atom stereocenters. The number of hydrogen-bond acceptors (Lipinski definition) is 3. The van der Waals surface area contributed by atoms with Crippen molar-refractivity contribution in [1.82, 2.24) is 9.97 Å². The summed E-state index contributed by atoms with van der Waals surface area (Å²) in [6, 6.07) is 6.13. The Kier molecular flexibility index (Phi) is 1.69. The Hall–Kier alpha value is -1.64. The first-order chi connectivity index (χ1) is 7.24. The zero-order chi connectivity index (χ0) is 10.4. The first-order valence-electron chi connectivity index (χ1n) is 5.28. The van der Waals surface area contributed by atoms with E-state index in [1.807, 2.05) is 19.1 Å². The van der Waals surface area contributed by atoms with Gasteiger partial charge in [0.15, 0.2) is 0 Å². The van der Waals surface area contributed by atoms with Crippen LogP contribution in [0.5, 0.6) is 0 Å². The summed E-state index contributed by atoms with van der Waals surface area (Å²) in [4.78, 5) is 8.92. The fourth-order valence-electron chi connectivity index (χ4n) is 1.81. The minimum absolute atomic E-state index is 0.554. The summed E-state index contributed by atoms with van der Waals surface area (Å²) in [5.74, 6) is 2.09. The van der Waals surface area contributed by atoms with Gasteiger partial charge >= 0.3 is 0 Å². The van der Waals surface area contributed by atoms with E-state index in [1.165, 1.54) is 18.4 Å². The maximum absolute atomic E-state index is 5.94. The van der Waals surface area contributed by atoms with Crippen molar-refractivity contribution in [1.29, 1.82) is 0 Å². The van der Waals surface area contributed by atoms with E-state index in [4.69, 9.17) is 5.73 Å². The average Bonchev–Trinajstić information content (AvgIpc) is 3.02. The number of aromatic nitrogens is 2. The van der Waals surface area contributed by atoms with Gasteiger partial charge in [0, 0.05) is 11.3 Å². The number of aryl methyl sites for hydroxylation is 1. The van der Waals surface area contributed by atoms with Crippen molar-refractivity contribution in [3.63, 3.8) is 0 Å². The highest BCUT2D eigenvalue weighted by molar-refractivity contribution is 5.88. The molecule has 76 valence electrons. The summed E-state index contributed by atoms with van der Waals surface area (Å²) in [6.07, 6.45) is 2.41. The number of benzene rings is 1. The maximum atomic E-state index is 5.94. The number of nitrogen functional groups attached to an aromatic ring is 1. The molecule has 3 nitrogen and oxygen atoms in total. The lowest BCUT2D eigenvalue weighted by molar-refractivity contribution is 0.952. The number of nitrogens with zero attached hydrogens (tertiary/aromatic N) is 2. The molecular formula is C12H13N3. The lowest BCUT2D eigenvalue weighted by Crippen LogP contribution is -1.99. The largest absolute Gasteiger partial charge is 0.383 e. The summed E-state index contributed by atoms with van der Waals surface area (Å²) in [7, 11) is 0. The summed E-state index contributed by atoms with van der Waals surface area (Å²) in [5, 5.41) is 0.972. The minimum Gasteiger partial charge on any atom is -0.383 e. The van der Waals surface area contributed by atoms with Gasteiger partial charge in [-0.3, -0.25) is 0 Å². The van der Waals surface area contributed by atoms with Crippen LogP contribution in [0.25, 0.3) is 10.9 Å². The Morgan fingerprint density at radius 2 is 2.07 bits per heavy atom. The maximum Gasteiger partial charge on any atom is 0.135 e. The van der Waals surface area contributed by atoms with Gasteiger partial charge in [-0.1, -0.05) is 11.6 Å². The Morgan fingerprint density at radius 3 is 2.80 bits per heavy atom. The first-order valence-corrected chi connectivity index (χ1v) is 5.28.